The van der Waals surface area contributed by atoms with Gasteiger partial charge in [0.05, 0.1) is 12.2 Å². The van der Waals surface area contributed by atoms with E-state index < -0.39 is 0 Å². The van der Waals surface area contributed by atoms with E-state index in [0.29, 0.717) is 29.0 Å². The van der Waals surface area contributed by atoms with Crippen molar-refractivity contribution in [3.05, 3.63) is 70.7 Å². The molecule has 0 spiro atoms. The zero-order valence-corrected chi connectivity index (χ0v) is 15.6. The van der Waals surface area contributed by atoms with E-state index >= 15 is 0 Å². The van der Waals surface area contributed by atoms with E-state index in [2.05, 4.69) is 34.6 Å². The minimum atomic E-state index is -0.243. The van der Waals surface area contributed by atoms with Crippen molar-refractivity contribution in [2.45, 2.75) is 26.2 Å². The molecular formula is C20H21N3O2S. The first-order valence-electron chi connectivity index (χ1n) is 8.58. The lowest BCUT2D eigenvalue weighted by atomic mass is 9.98. The van der Waals surface area contributed by atoms with E-state index in [1.807, 2.05) is 37.3 Å². The summed E-state index contributed by atoms with van der Waals surface area (Å²) in [7, 11) is 0. The fourth-order valence-corrected chi connectivity index (χ4v) is 3.51. The van der Waals surface area contributed by atoms with Crippen molar-refractivity contribution in [2.24, 2.45) is 0 Å². The van der Waals surface area contributed by atoms with Crippen molar-refractivity contribution in [2.75, 3.05) is 11.9 Å². The third-order valence-corrected chi connectivity index (χ3v) is 4.83. The van der Waals surface area contributed by atoms with Gasteiger partial charge in [0.25, 0.3) is 5.91 Å². The summed E-state index contributed by atoms with van der Waals surface area (Å²) >= 11 is 1.40. The van der Waals surface area contributed by atoms with Crippen LogP contribution in [0.15, 0.2) is 54.6 Å². The normalized spacial score (nSPS) is 11.8. The smallest absolute Gasteiger partial charge is 0.261 e. The van der Waals surface area contributed by atoms with Crippen LogP contribution in [0.3, 0.4) is 0 Å². The maximum atomic E-state index is 12.5. The number of hydrogen-bond acceptors (Lipinski definition) is 5. The maximum Gasteiger partial charge on any atom is 0.261 e. The fraction of sp³-hybridized carbons (Fsp3) is 0.250. The van der Waals surface area contributed by atoms with E-state index in [9.17, 15) is 4.79 Å². The number of carbonyl (C=O) groups is 1. The van der Waals surface area contributed by atoms with E-state index in [-0.39, 0.29) is 5.91 Å². The Labute approximate surface area is 157 Å². The number of nitrogens with zero attached hydrogens (tertiary/aromatic N) is 2. The highest BCUT2D eigenvalue weighted by Gasteiger charge is 2.15. The van der Waals surface area contributed by atoms with Gasteiger partial charge >= 0.3 is 0 Å². The lowest BCUT2D eigenvalue weighted by Gasteiger charge is -2.09. The second kappa shape index (κ2) is 8.58. The van der Waals surface area contributed by atoms with Crippen LogP contribution in [0, 0.1) is 0 Å². The summed E-state index contributed by atoms with van der Waals surface area (Å²) in [5, 5.41) is 12.5. The number of rotatable bonds is 7. The summed E-state index contributed by atoms with van der Waals surface area (Å²) in [6.45, 7) is 4.55. The highest BCUT2D eigenvalue weighted by Crippen LogP contribution is 2.25. The monoisotopic (exact) mass is 367 g/mol. The number of amides is 1. The second-order valence-corrected chi connectivity index (χ2v) is 6.96. The van der Waals surface area contributed by atoms with Gasteiger partial charge in [-0.1, -0.05) is 60.7 Å². The molecule has 0 saturated carbocycles. The highest BCUT2D eigenvalue weighted by atomic mass is 32.1. The molecule has 5 nitrogen and oxygen atoms in total. The molecule has 6 heteroatoms. The van der Waals surface area contributed by atoms with Crippen molar-refractivity contribution >= 4 is 22.4 Å². The van der Waals surface area contributed by atoms with Gasteiger partial charge in [-0.15, -0.1) is 10.2 Å². The third kappa shape index (κ3) is 4.46. The Bertz CT molecular complexity index is 864. The predicted molar refractivity (Wildman–Crippen MR) is 104 cm³/mol. The van der Waals surface area contributed by atoms with Gasteiger partial charge in [-0.2, -0.15) is 0 Å². The Kier molecular flexibility index (Phi) is 5.96. The molecule has 0 bridgehead atoms. The topological polar surface area (TPSA) is 64.1 Å². The Morgan fingerprint density at radius 3 is 2.62 bits per heavy atom. The molecule has 1 amide bonds. The Hall–Kier alpha value is -2.73. The summed E-state index contributed by atoms with van der Waals surface area (Å²) < 4.78 is 5.51. The van der Waals surface area contributed by atoms with E-state index in [0.717, 1.165) is 11.4 Å². The summed E-state index contributed by atoms with van der Waals surface area (Å²) in [5.41, 5.74) is 1.75. The summed E-state index contributed by atoms with van der Waals surface area (Å²) in [6, 6.07) is 17.5. The number of anilines is 1. The van der Waals surface area contributed by atoms with Gasteiger partial charge < -0.3 is 4.74 Å². The van der Waals surface area contributed by atoms with Crippen molar-refractivity contribution in [1.29, 1.82) is 0 Å². The maximum absolute atomic E-state index is 12.5. The number of ether oxygens (including phenoxy) is 1. The molecule has 1 unspecified atom stereocenters. The van der Waals surface area contributed by atoms with Crippen LogP contribution >= 0.6 is 11.3 Å². The molecule has 0 aliphatic rings. The molecule has 26 heavy (non-hydrogen) atoms. The molecule has 1 aromatic heterocycles. The van der Waals surface area contributed by atoms with Crippen LogP contribution in [0.4, 0.5) is 5.13 Å². The lowest BCUT2D eigenvalue weighted by molar-refractivity contribution is 0.102. The first kappa shape index (κ1) is 18.1. The summed E-state index contributed by atoms with van der Waals surface area (Å²) in [4.78, 5) is 12.5. The van der Waals surface area contributed by atoms with Crippen LogP contribution in [0.5, 0.6) is 5.75 Å². The first-order valence-corrected chi connectivity index (χ1v) is 9.39. The van der Waals surface area contributed by atoms with E-state index in [1.54, 1.807) is 12.1 Å². The molecule has 0 aliphatic heterocycles. The van der Waals surface area contributed by atoms with Gasteiger partial charge in [-0.05, 0) is 30.5 Å². The number of para-hydroxylation sites is 1. The van der Waals surface area contributed by atoms with Crippen LogP contribution in [0.2, 0.25) is 0 Å². The average Bonchev–Trinajstić information content (AvgIpc) is 3.10. The molecule has 1 N–H and O–H groups in total. The average molecular weight is 367 g/mol. The molecule has 1 atom stereocenters. The van der Waals surface area contributed by atoms with Gasteiger partial charge in [0.15, 0.2) is 0 Å². The Morgan fingerprint density at radius 1 is 1.12 bits per heavy atom. The third-order valence-electron chi connectivity index (χ3n) is 3.97. The van der Waals surface area contributed by atoms with E-state index in [4.69, 9.17) is 4.74 Å². The molecule has 1 heterocycles. The standard InChI is InChI=1S/C20H21N3O2S/c1-3-25-17-12-8-7-11-16(17)19(24)21-20-23-22-18(26-20)13-14(2)15-9-5-4-6-10-15/h4-12,14H,3,13H2,1-2H3,(H,21,23,24). The molecule has 0 radical (unpaired) electrons. The van der Waals surface area contributed by atoms with Gasteiger partial charge in [-0.3, -0.25) is 10.1 Å². The van der Waals surface area contributed by atoms with Crippen LogP contribution in [0.1, 0.15) is 40.7 Å². The van der Waals surface area contributed by atoms with Gasteiger partial charge in [0, 0.05) is 6.42 Å². The van der Waals surface area contributed by atoms with Crippen molar-refractivity contribution in [3.8, 4) is 5.75 Å². The number of carbonyl (C=O) groups excluding carboxylic acids is 1. The summed E-state index contributed by atoms with van der Waals surface area (Å²) in [5.74, 6) is 0.661. The largest absolute Gasteiger partial charge is 0.493 e. The van der Waals surface area contributed by atoms with Gasteiger partial charge in [-0.25, -0.2) is 0 Å². The quantitative estimate of drug-likeness (QED) is 0.666. The predicted octanol–water partition coefficient (Wildman–Crippen LogP) is 4.54. The van der Waals surface area contributed by atoms with Gasteiger partial charge in [0.1, 0.15) is 10.8 Å². The van der Waals surface area contributed by atoms with E-state index in [1.165, 1.54) is 16.9 Å². The molecule has 134 valence electrons. The molecule has 0 fully saturated rings. The molecule has 0 aliphatic carbocycles. The van der Waals surface area contributed by atoms with Crippen molar-refractivity contribution in [3.63, 3.8) is 0 Å². The number of hydrogen-bond donors (Lipinski definition) is 1. The number of aromatic nitrogens is 2. The number of nitrogens with one attached hydrogen (secondary N) is 1. The van der Waals surface area contributed by atoms with Crippen LogP contribution < -0.4 is 10.1 Å². The van der Waals surface area contributed by atoms with Crippen molar-refractivity contribution < 1.29 is 9.53 Å². The molecule has 3 aromatic rings. The molecule has 3 rings (SSSR count). The molecule has 0 saturated heterocycles. The highest BCUT2D eigenvalue weighted by molar-refractivity contribution is 7.15. The molecule has 2 aromatic carbocycles. The van der Waals surface area contributed by atoms with Crippen LogP contribution in [-0.2, 0) is 6.42 Å². The second-order valence-electron chi connectivity index (χ2n) is 5.90. The minimum Gasteiger partial charge on any atom is -0.493 e. The number of benzene rings is 2. The zero-order chi connectivity index (χ0) is 18.4. The fourth-order valence-electron chi connectivity index (χ4n) is 2.65. The first-order chi connectivity index (χ1) is 12.7. The molecular weight excluding hydrogens is 346 g/mol. The Balaban J connectivity index is 1.66. The zero-order valence-electron chi connectivity index (χ0n) is 14.8. The minimum absolute atomic E-state index is 0.243. The van der Waals surface area contributed by atoms with Crippen molar-refractivity contribution in [1.82, 2.24) is 10.2 Å². The van der Waals surface area contributed by atoms with Gasteiger partial charge in [0.2, 0.25) is 5.13 Å². The summed E-state index contributed by atoms with van der Waals surface area (Å²) in [6.07, 6.45) is 0.785. The van der Waals surface area contributed by atoms with Crippen LogP contribution in [0.25, 0.3) is 0 Å². The lowest BCUT2D eigenvalue weighted by Crippen LogP contribution is -2.13. The van der Waals surface area contributed by atoms with Crippen LogP contribution in [-0.4, -0.2) is 22.7 Å². The Morgan fingerprint density at radius 2 is 1.85 bits per heavy atom. The SMILES string of the molecule is CCOc1ccccc1C(=O)Nc1nnc(CC(C)c2ccccc2)s1.